The van der Waals surface area contributed by atoms with Crippen LogP contribution in [0.3, 0.4) is 0 Å². The Morgan fingerprint density at radius 3 is 2.89 bits per heavy atom. The lowest BCUT2D eigenvalue weighted by atomic mass is 9.95. The number of hydrogen-bond acceptors (Lipinski definition) is 3. The van der Waals surface area contributed by atoms with Crippen LogP contribution < -0.4 is 11.1 Å². The molecule has 148 valence electrons. The number of aliphatic imine (C=N–C) groups is 1. The van der Waals surface area contributed by atoms with Gasteiger partial charge in [-0.1, -0.05) is 24.3 Å². The van der Waals surface area contributed by atoms with Crippen molar-refractivity contribution >= 4 is 11.9 Å². The largest absolute Gasteiger partial charge is 0.370 e. The van der Waals surface area contributed by atoms with E-state index in [0.29, 0.717) is 12.3 Å². The Bertz CT molecular complexity index is 660. The van der Waals surface area contributed by atoms with Crippen molar-refractivity contribution in [1.82, 2.24) is 15.1 Å². The summed E-state index contributed by atoms with van der Waals surface area (Å²) < 4.78 is 0. The quantitative estimate of drug-likeness (QED) is 0.588. The molecule has 1 amide bonds. The van der Waals surface area contributed by atoms with Crippen LogP contribution in [0.5, 0.6) is 0 Å². The van der Waals surface area contributed by atoms with Crippen LogP contribution in [0.25, 0.3) is 0 Å². The molecule has 0 radical (unpaired) electrons. The Morgan fingerprint density at radius 1 is 1.30 bits per heavy atom. The first-order valence-electron chi connectivity index (χ1n) is 10.3. The van der Waals surface area contributed by atoms with Crippen LogP contribution in [0.15, 0.2) is 29.3 Å². The van der Waals surface area contributed by atoms with Crippen molar-refractivity contribution in [2.45, 2.75) is 39.2 Å². The molecular weight excluding hydrogens is 338 g/mol. The summed E-state index contributed by atoms with van der Waals surface area (Å²) >= 11 is 0. The molecule has 1 unspecified atom stereocenters. The lowest BCUT2D eigenvalue weighted by molar-refractivity contribution is -0.119. The minimum absolute atomic E-state index is 0.200. The lowest BCUT2D eigenvalue weighted by Gasteiger charge is -2.35. The molecule has 1 fully saturated rings. The van der Waals surface area contributed by atoms with E-state index in [1.807, 2.05) is 0 Å². The molecule has 6 heteroatoms. The monoisotopic (exact) mass is 371 g/mol. The van der Waals surface area contributed by atoms with Crippen molar-refractivity contribution in [3.8, 4) is 0 Å². The van der Waals surface area contributed by atoms with Crippen LogP contribution in [0, 0.1) is 5.92 Å². The highest BCUT2D eigenvalue weighted by molar-refractivity contribution is 5.80. The number of hydrogen-bond donors (Lipinski definition) is 2. The van der Waals surface area contributed by atoms with Crippen molar-refractivity contribution in [3.63, 3.8) is 0 Å². The Labute approximate surface area is 162 Å². The molecule has 27 heavy (non-hydrogen) atoms. The van der Waals surface area contributed by atoms with Crippen LogP contribution in [0.4, 0.5) is 0 Å². The van der Waals surface area contributed by atoms with Gasteiger partial charge in [-0.15, -0.1) is 0 Å². The second-order valence-corrected chi connectivity index (χ2v) is 7.66. The highest BCUT2D eigenvalue weighted by Gasteiger charge is 2.23. The summed E-state index contributed by atoms with van der Waals surface area (Å²) in [6, 6.07) is 8.74. The number of fused-ring (bicyclic) bond motifs is 1. The fraction of sp³-hybridized carbons (Fsp3) is 0.619. The zero-order chi connectivity index (χ0) is 19.1. The molecule has 0 aromatic heterocycles. The molecule has 1 aromatic carbocycles. The molecule has 6 nitrogen and oxygen atoms in total. The van der Waals surface area contributed by atoms with Crippen molar-refractivity contribution in [2.75, 3.05) is 39.3 Å². The molecule has 0 bridgehead atoms. The number of nitrogens with one attached hydrogen (secondary N) is 1. The van der Waals surface area contributed by atoms with Gasteiger partial charge < -0.3 is 16.0 Å². The summed E-state index contributed by atoms with van der Waals surface area (Å²) in [5, 5.41) is 3.42. The van der Waals surface area contributed by atoms with Gasteiger partial charge in [0.2, 0.25) is 5.91 Å². The van der Waals surface area contributed by atoms with E-state index in [2.05, 4.69) is 46.3 Å². The molecule has 1 atom stereocenters. The third kappa shape index (κ3) is 5.70. The topological polar surface area (TPSA) is 74.0 Å². The van der Waals surface area contributed by atoms with Crippen LogP contribution in [0.1, 0.15) is 37.3 Å². The summed E-state index contributed by atoms with van der Waals surface area (Å²) in [6.07, 6.45) is 3.77. The number of carbonyl (C=O) groups excluding carboxylic acids is 1. The Kier molecular flexibility index (Phi) is 7.10. The highest BCUT2D eigenvalue weighted by Crippen LogP contribution is 2.20. The predicted molar refractivity (Wildman–Crippen MR) is 110 cm³/mol. The van der Waals surface area contributed by atoms with Crippen LogP contribution >= 0.6 is 0 Å². The van der Waals surface area contributed by atoms with Gasteiger partial charge in [0.1, 0.15) is 0 Å². The maximum atomic E-state index is 11.3. The molecule has 2 aliphatic heterocycles. The minimum atomic E-state index is -0.200. The number of rotatable bonds is 6. The summed E-state index contributed by atoms with van der Waals surface area (Å²) in [4.78, 5) is 20.9. The molecule has 0 saturated carbocycles. The Hall–Kier alpha value is -2.08. The second kappa shape index (κ2) is 9.74. The van der Waals surface area contributed by atoms with Crippen molar-refractivity contribution in [2.24, 2.45) is 16.6 Å². The van der Waals surface area contributed by atoms with Gasteiger partial charge in [-0.2, -0.15) is 0 Å². The third-order valence-corrected chi connectivity index (χ3v) is 5.53. The summed E-state index contributed by atoms with van der Waals surface area (Å²) in [6.45, 7) is 8.71. The van der Waals surface area contributed by atoms with Crippen LogP contribution in [0.2, 0.25) is 0 Å². The van der Waals surface area contributed by atoms with E-state index in [4.69, 9.17) is 10.7 Å². The van der Waals surface area contributed by atoms with Gasteiger partial charge in [0.15, 0.2) is 5.96 Å². The van der Waals surface area contributed by atoms with Gasteiger partial charge in [0.25, 0.3) is 0 Å². The molecule has 1 saturated heterocycles. The van der Waals surface area contributed by atoms with E-state index in [0.717, 1.165) is 71.0 Å². The summed E-state index contributed by atoms with van der Waals surface area (Å²) in [5.41, 5.74) is 8.33. The minimum Gasteiger partial charge on any atom is -0.370 e. The number of piperidine rings is 1. The first-order chi connectivity index (χ1) is 13.2. The van der Waals surface area contributed by atoms with Crippen molar-refractivity contribution in [1.29, 1.82) is 0 Å². The molecule has 2 heterocycles. The van der Waals surface area contributed by atoms with Gasteiger partial charge in [0.05, 0.1) is 6.54 Å². The highest BCUT2D eigenvalue weighted by atomic mass is 16.1. The van der Waals surface area contributed by atoms with E-state index in [1.165, 1.54) is 11.1 Å². The fourth-order valence-corrected chi connectivity index (χ4v) is 4.18. The summed E-state index contributed by atoms with van der Waals surface area (Å²) in [7, 11) is 0. The predicted octanol–water partition coefficient (Wildman–Crippen LogP) is 1.60. The average Bonchev–Trinajstić information content (AvgIpc) is 2.67. The molecule has 0 aliphatic carbocycles. The van der Waals surface area contributed by atoms with Gasteiger partial charge in [-0.3, -0.25) is 14.7 Å². The SMILES string of the molecule is CCNC(=NCCN1CCc2ccccc2C1)N1CCCC(CC(N)=O)C1. The standard InChI is InChI=1S/C21H33N5O/c1-2-23-21(26-11-5-6-17(15-26)14-20(22)27)24-10-13-25-12-9-18-7-3-4-8-19(18)16-25/h3-4,7-8,17H,2,5-6,9-16H2,1H3,(H2,22,27)(H,23,24). The maximum absolute atomic E-state index is 11.3. The Morgan fingerprint density at radius 2 is 2.11 bits per heavy atom. The van der Waals surface area contributed by atoms with E-state index in [-0.39, 0.29) is 5.91 Å². The molecule has 1 aromatic rings. The number of carbonyl (C=O) groups is 1. The lowest BCUT2D eigenvalue weighted by Crippen LogP contribution is -2.47. The number of nitrogens with zero attached hydrogens (tertiary/aromatic N) is 3. The molecular formula is C21H33N5O. The average molecular weight is 372 g/mol. The number of likely N-dealkylation sites (tertiary alicyclic amines) is 1. The maximum Gasteiger partial charge on any atom is 0.217 e. The first-order valence-corrected chi connectivity index (χ1v) is 10.3. The van der Waals surface area contributed by atoms with Gasteiger partial charge >= 0.3 is 0 Å². The zero-order valence-electron chi connectivity index (χ0n) is 16.5. The van der Waals surface area contributed by atoms with E-state index >= 15 is 0 Å². The summed E-state index contributed by atoms with van der Waals surface area (Å²) in [5.74, 6) is 1.12. The smallest absolute Gasteiger partial charge is 0.217 e. The molecule has 3 rings (SSSR count). The van der Waals surface area contributed by atoms with E-state index < -0.39 is 0 Å². The second-order valence-electron chi connectivity index (χ2n) is 7.66. The van der Waals surface area contributed by atoms with Gasteiger partial charge in [0, 0.05) is 45.7 Å². The molecule has 3 N–H and O–H groups in total. The van der Waals surface area contributed by atoms with Crippen molar-refractivity contribution < 1.29 is 4.79 Å². The number of primary amides is 1. The number of benzene rings is 1. The molecule has 2 aliphatic rings. The number of guanidine groups is 1. The van der Waals surface area contributed by atoms with Crippen LogP contribution in [-0.2, 0) is 17.8 Å². The zero-order valence-corrected chi connectivity index (χ0v) is 16.5. The fourth-order valence-electron chi connectivity index (χ4n) is 4.18. The normalized spacial score (nSPS) is 21.0. The van der Waals surface area contributed by atoms with Gasteiger partial charge in [-0.05, 0) is 43.2 Å². The van der Waals surface area contributed by atoms with Crippen LogP contribution in [-0.4, -0.2) is 60.9 Å². The van der Waals surface area contributed by atoms with E-state index in [1.54, 1.807) is 0 Å². The first kappa shape index (κ1) is 19.7. The van der Waals surface area contributed by atoms with Crippen molar-refractivity contribution in [3.05, 3.63) is 35.4 Å². The third-order valence-electron chi connectivity index (χ3n) is 5.53. The van der Waals surface area contributed by atoms with E-state index in [9.17, 15) is 4.79 Å². The number of nitrogens with two attached hydrogens (primary N) is 1. The van der Waals surface area contributed by atoms with Gasteiger partial charge in [-0.25, -0.2) is 0 Å². The Balaban J connectivity index is 1.54. The molecule has 0 spiro atoms. The number of amides is 1.